The Morgan fingerprint density at radius 1 is 0.679 bits per heavy atom. The van der Waals surface area contributed by atoms with E-state index in [1.165, 1.54) is 0 Å². The molecule has 0 aliphatic rings. The molecule has 0 heterocycles. The van der Waals surface area contributed by atoms with Crippen LogP contribution in [0.4, 0.5) is 11.4 Å². The molecule has 152 valence electrons. The zero-order valence-electron chi connectivity index (χ0n) is 17.3. The first-order chi connectivity index (χ1) is 13.0. The molecule has 0 saturated carbocycles. The number of carbonyl (C=O) groups is 2. The Labute approximate surface area is 166 Å². The molecule has 0 amide bonds. The lowest BCUT2D eigenvalue weighted by molar-refractivity contribution is -0.138. The van der Waals surface area contributed by atoms with E-state index in [4.69, 9.17) is 10.2 Å². The third-order valence-electron chi connectivity index (χ3n) is 4.42. The molecule has 6 nitrogen and oxygen atoms in total. The SMILES string of the molecule is Cc1cccc(C)c1N[C@@H](C)C(=O)O.Cc1cccc(C)c1N[C@H](C)C(=O)O. The molecule has 2 aromatic carbocycles. The fraction of sp³-hybridized carbons (Fsp3) is 0.364. The van der Waals surface area contributed by atoms with Crippen molar-refractivity contribution < 1.29 is 19.8 Å². The highest BCUT2D eigenvalue weighted by Gasteiger charge is 2.13. The van der Waals surface area contributed by atoms with Gasteiger partial charge in [0.05, 0.1) is 0 Å². The summed E-state index contributed by atoms with van der Waals surface area (Å²) in [4.78, 5) is 21.3. The zero-order chi connectivity index (χ0) is 21.4. The van der Waals surface area contributed by atoms with Gasteiger partial charge in [-0.25, -0.2) is 0 Å². The van der Waals surface area contributed by atoms with Crippen LogP contribution in [-0.2, 0) is 9.59 Å². The summed E-state index contributed by atoms with van der Waals surface area (Å²) in [5.74, 6) is -1.68. The Bertz CT molecular complexity index is 723. The lowest BCUT2D eigenvalue weighted by Crippen LogP contribution is -2.26. The van der Waals surface area contributed by atoms with Gasteiger partial charge in [0.25, 0.3) is 0 Å². The predicted molar refractivity (Wildman–Crippen MR) is 113 cm³/mol. The second-order valence-electron chi connectivity index (χ2n) is 6.94. The maximum absolute atomic E-state index is 10.7. The molecule has 2 aromatic rings. The number of carboxylic acids is 2. The summed E-state index contributed by atoms with van der Waals surface area (Å²) in [6, 6.07) is 10.6. The average Bonchev–Trinajstić information content (AvgIpc) is 2.61. The van der Waals surface area contributed by atoms with Crippen LogP contribution in [-0.4, -0.2) is 34.2 Å². The number of aliphatic carboxylic acids is 2. The van der Waals surface area contributed by atoms with Crippen molar-refractivity contribution in [2.45, 2.75) is 53.6 Å². The highest BCUT2D eigenvalue weighted by Crippen LogP contribution is 2.21. The van der Waals surface area contributed by atoms with Crippen molar-refractivity contribution in [3.05, 3.63) is 58.7 Å². The van der Waals surface area contributed by atoms with E-state index >= 15 is 0 Å². The number of anilines is 2. The summed E-state index contributed by atoms with van der Waals surface area (Å²) >= 11 is 0. The first-order valence-corrected chi connectivity index (χ1v) is 9.15. The molecular weight excluding hydrogens is 356 g/mol. The van der Waals surface area contributed by atoms with Crippen LogP contribution in [0.2, 0.25) is 0 Å². The third-order valence-corrected chi connectivity index (χ3v) is 4.42. The van der Waals surface area contributed by atoms with Crippen molar-refractivity contribution in [3.8, 4) is 0 Å². The van der Waals surface area contributed by atoms with Crippen molar-refractivity contribution in [3.63, 3.8) is 0 Å². The predicted octanol–water partition coefficient (Wildman–Crippen LogP) is 4.38. The molecule has 4 N–H and O–H groups in total. The standard InChI is InChI=1S/2C11H15NO2/c2*1-7-5-4-6-8(2)10(7)12-9(3)11(13)14/h2*4-6,9,12H,1-3H3,(H,13,14)/t2*9-/m10/s1. The van der Waals surface area contributed by atoms with Gasteiger partial charge in [-0.1, -0.05) is 36.4 Å². The fourth-order valence-corrected chi connectivity index (χ4v) is 2.64. The topological polar surface area (TPSA) is 98.7 Å². The highest BCUT2D eigenvalue weighted by atomic mass is 16.4. The Hall–Kier alpha value is -3.02. The minimum atomic E-state index is -0.840. The molecule has 0 bridgehead atoms. The van der Waals surface area contributed by atoms with Gasteiger partial charge in [0.1, 0.15) is 12.1 Å². The Balaban J connectivity index is 0.000000280. The van der Waals surface area contributed by atoms with Crippen LogP contribution in [0.15, 0.2) is 36.4 Å². The molecule has 0 aliphatic heterocycles. The number of benzene rings is 2. The van der Waals surface area contributed by atoms with Gasteiger partial charge in [-0.05, 0) is 63.8 Å². The second kappa shape index (κ2) is 10.3. The lowest BCUT2D eigenvalue weighted by Gasteiger charge is -2.15. The fourth-order valence-electron chi connectivity index (χ4n) is 2.64. The van der Waals surface area contributed by atoms with E-state index in [0.717, 1.165) is 33.6 Å². The molecule has 0 radical (unpaired) electrons. The van der Waals surface area contributed by atoms with Crippen LogP contribution in [0.3, 0.4) is 0 Å². The van der Waals surface area contributed by atoms with E-state index in [-0.39, 0.29) is 0 Å². The van der Waals surface area contributed by atoms with Crippen molar-refractivity contribution in [2.75, 3.05) is 10.6 Å². The van der Waals surface area contributed by atoms with Crippen LogP contribution >= 0.6 is 0 Å². The maximum Gasteiger partial charge on any atom is 0.325 e. The quantitative estimate of drug-likeness (QED) is 0.588. The summed E-state index contributed by atoms with van der Waals surface area (Å²) in [6.07, 6.45) is 0. The van der Waals surface area contributed by atoms with Gasteiger partial charge in [-0.15, -0.1) is 0 Å². The third kappa shape index (κ3) is 6.61. The summed E-state index contributed by atoms with van der Waals surface area (Å²) in [5, 5.41) is 23.5. The minimum Gasteiger partial charge on any atom is -0.480 e. The molecule has 0 aliphatic carbocycles. The summed E-state index contributed by atoms with van der Waals surface area (Å²) < 4.78 is 0. The van der Waals surface area contributed by atoms with Crippen LogP contribution < -0.4 is 10.6 Å². The van der Waals surface area contributed by atoms with E-state index in [2.05, 4.69) is 10.6 Å². The van der Waals surface area contributed by atoms with Crippen LogP contribution in [0.25, 0.3) is 0 Å². The molecule has 0 aromatic heterocycles. The monoisotopic (exact) mass is 386 g/mol. The van der Waals surface area contributed by atoms with E-state index in [1.807, 2.05) is 64.1 Å². The number of carboxylic acid groups (broad SMARTS) is 2. The van der Waals surface area contributed by atoms with Gasteiger partial charge in [-0.2, -0.15) is 0 Å². The van der Waals surface area contributed by atoms with Gasteiger partial charge in [0, 0.05) is 11.4 Å². The maximum atomic E-state index is 10.7. The normalized spacial score (nSPS) is 12.2. The molecule has 0 fully saturated rings. The molecule has 0 unspecified atom stereocenters. The van der Waals surface area contributed by atoms with Crippen LogP contribution in [0.1, 0.15) is 36.1 Å². The first kappa shape index (κ1) is 23.0. The number of aryl methyl sites for hydroxylation is 4. The molecule has 28 heavy (non-hydrogen) atoms. The average molecular weight is 386 g/mol. The van der Waals surface area contributed by atoms with Crippen LogP contribution in [0.5, 0.6) is 0 Å². The van der Waals surface area contributed by atoms with Crippen LogP contribution in [0, 0.1) is 27.7 Å². The van der Waals surface area contributed by atoms with Gasteiger partial charge in [-0.3, -0.25) is 9.59 Å². The van der Waals surface area contributed by atoms with Crippen molar-refractivity contribution >= 4 is 23.3 Å². The number of nitrogens with one attached hydrogen (secondary N) is 2. The van der Waals surface area contributed by atoms with Crippen molar-refractivity contribution in [1.82, 2.24) is 0 Å². The Morgan fingerprint density at radius 2 is 0.929 bits per heavy atom. The molecule has 0 saturated heterocycles. The van der Waals surface area contributed by atoms with E-state index in [9.17, 15) is 9.59 Å². The van der Waals surface area contributed by atoms with Crippen molar-refractivity contribution in [1.29, 1.82) is 0 Å². The van der Waals surface area contributed by atoms with E-state index < -0.39 is 24.0 Å². The second-order valence-corrected chi connectivity index (χ2v) is 6.94. The molecule has 2 atom stereocenters. The highest BCUT2D eigenvalue weighted by molar-refractivity contribution is 5.78. The number of hydrogen-bond donors (Lipinski definition) is 4. The zero-order valence-corrected chi connectivity index (χ0v) is 17.3. The van der Waals surface area contributed by atoms with E-state index in [1.54, 1.807) is 13.8 Å². The van der Waals surface area contributed by atoms with Crippen molar-refractivity contribution in [2.24, 2.45) is 0 Å². The summed E-state index contributed by atoms with van der Waals surface area (Å²) in [5.41, 5.74) is 6.11. The van der Waals surface area contributed by atoms with Gasteiger partial charge in [0.15, 0.2) is 0 Å². The number of rotatable bonds is 6. The Morgan fingerprint density at radius 3 is 1.14 bits per heavy atom. The van der Waals surface area contributed by atoms with E-state index in [0.29, 0.717) is 0 Å². The molecular formula is C22H30N2O4. The first-order valence-electron chi connectivity index (χ1n) is 9.15. The lowest BCUT2D eigenvalue weighted by atomic mass is 10.1. The summed E-state index contributed by atoms with van der Waals surface area (Å²) in [7, 11) is 0. The minimum absolute atomic E-state index is 0.560. The molecule has 0 spiro atoms. The smallest absolute Gasteiger partial charge is 0.325 e. The molecule has 6 heteroatoms. The van der Waals surface area contributed by atoms with Gasteiger partial charge < -0.3 is 20.8 Å². The Kier molecular flexibility index (Phi) is 8.51. The molecule has 2 rings (SSSR count). The number of para-hydroxylation sites is 2. The van der Waals surface area contributed by atoms with Gasteiger partial charge >= 0.3 is 11.9 Å². The summed E-state index contributed by atoms with van der Waals surface area (Å²) in [6.45, 7) is 11.1. The number of hydrogen-bond acceptors (Lipinski definition) is 4. The van der Waals surface area contributed by atoms with Gasteiger partial charge in [0.2, 0.25) is 0 Å². The largest absolute Gasteiger partial charge is 0.480 e.